The quantitative estimate of drug-likeness (QED) is 0.588. The molecule has 0 aliphatic heterocycles. The molecule has 2 aromatic carbocycles. The van der Waals surface area contributed by atoms with Crippen molar-refractivity contribution in [3.05, 3.63) is 62.2 Å². The zero-order valence-corrected chi connectivity index (χ0v) is 12.9. The van der Waals surface area contributed by atoms with Crippen LogP contribution in [0.15, 0.2) is 30.8 Å². The maximum atomic E-state index is 12.6. The Morgan fingerprint density at radius 2 is 1.55 bits per heavy atom. The normalized spacial score (nSPS) is 13.1. The van der Waals surface area contributed by atoms with E-state index in [2.05, 4.69) is 29.2 Å². The number of carbonyl (C=O) groups is 1. The third-order valence-corrected chi connectivity index (χ3v) is 4.07. The molecule has 2 aromatic rings. The molecule has 1 aliphatic carbocycles. The van der Waals surface area contributed by atoms with Gasteiger partial charge in [-0.25, -0.2) is 0 Å². The molecule has 0 saturated carbocycles. The molecule has 0 amide bonds. The Hall–Kier alpha value is -1.82. The van der Waals surface area contributed by atoms with Crippen LogP contribution < -0.4 is 0 Å². The summed E-state index contributed by atoms with van der Waals surface area (Å²) < 4.78 is 0.827. The fourth-order valence-electron chi connectivity index (χ4n) is 2.58. The van der Waals surface area contributed by atoms with E-state index < -0.39 is 0 Å². The van der Waals surface area contributed by atoms with Gasteiger partial charge in [-0.1, -0.05) is 12.6 Å². The number of hydrogen-bond donors (Lipinski definition) is 2. The largest absolute Gasteiger partial charge is 0.507 e. The molecule has 2 N–H and O–H groups in total. The number of fused-ring (bicyclic) bond motifs is 2. The highest BCUT2D eigenvalue weighted by Crippen LogP contribution is 2.42. The Balaban J connectivity index is 2.40. The molecule has 0 radical (unpaired) electrons. The number of aryl methyl sites for hydroxylation is 1. The van der Waals surface area contributed by atoms with Crippen LogP contribution in [-0.2, 0) is 0 Å². The second kappa shape index (κ2) is 4.34. The van der Waals surface area contributed by atoms with Crippen LogP contribution in [0.2, 0.25) is 0 Å². The van der Waals surface area contributed by atoms with Gasteiger partial charge in [-0.05, 0) is 70.0 Å². The van der Waals surface area contributed by atoms with Crippen molar-refractivity contribution in [1.82, 2.24) is 0 Å². The lowest BCUT2D eigenvalue weighted by molar-refractivity contribution is 0.103. The molecule has 1 aliphatic rings. The van der Waals surface area contributed by atoms with Gasteiger partial charge in [0.1, 0.15) is 11.5 Å². The molecule has 0 heterocycles. The molecule has 0 spiro atoms. The van der Waals surface area contributed by atoms with Crippen molar-refractivity contribution in [2.45, 2.75) is 6.92 Å². The highest BCUT2D eigenvalue weighted by atomic mass is 127. The van der Waals surface area contributed by atoms with Gasteiger partial charge in [0.15, 0.2) is 0 Å². The number of phenolic OH excluding ortho intramolecular Hbond substituents is 2. The molecule has 3 rings (SSSR count). The van der Waals surface area contributed by atoms with Crippen molar-refractivity contribution in [3.8, 4) is 11.5 Å². The predicted octanol–water partition coefficient (Wildman–Crippen LogP) is 3.62. The Bertz CT molecular complexity index is 727. The number of phenols is 2. The number of carbonyl (C=O) groups excluding carboxylic acids is 1. The Labute approximate surface area is 129 Å². The van der Waals surface area contributed by atoms with E-state index in [9.17, 15) is 15.0 Å². The number of hydrogen-bond acceptors (Lipinski definition) is 3. The van der Waals surface area contributed by atoms with Crippen LogP contribution in [0.4, 0.5) is 0 Å². The first-order chi connectivity index (χ1) is 9.40. The summed E-state index contributed by atoms with van der Waals surface area (Å²) in [6.45, 7) is 5.86. The van der Waals surface area contributed by atoms with E-state index >= 15 is 0 Å². The van der Waals surface area contributed by atoms with Gasteiger partial charge >= 0.3 is 0 Å². The van der Waals surface area contributed by atoms with Gasteiger partial charge in [0.2, 0.25) is 5.78 Å². The summed E-state index contributed by atoms with van der Waals surface area (Å²) in [5.74, 6) is -0.521. The molecule has 0 saturated heterocycles. The van der Waals surface area contributed by atoms with Gasteiger partial charge in [0.05, 0.1) is 11.1 Å². The van der Waals surface area contributed by atoms with Crippen molar-refractivity contribution in [1.29, 1.82) is 0 Å². The monoisotopic (exact) mass is 378 g/mol. The van der Waals surface area contributed by atoms with Crippen LogP contribution in [0, 0.1) is 10.5 Å². The van der Waals surface area contributed by atoms with Crippen molar-refractivity contribution < 1.29 is 15.0 Å². The van der Waals surface area contributed by atoms with E-state index in [-0.39, 0.29) is 28.4 Å². The number of ketones is 1. The van der Waals surface area contributed by atoms with Crippen LogP contribution in [0.5, 0.6) is 11.5 Å². The molecule has 0 atom stereocenters. The summed E-state index contributed by atoms with van der Waals surface area (Å²) >= 11 is 2.08. The minimum Gasteiger partial charge on any atom is -0.507 e. The first kappa shape index (κ1) is 13.2. The van der Waals surface area contributed by atoms with Crippen molar-refractivity contribution >= 4 is 33.9 Å². The third-order valence-electron chi connectivity index (χ3n) is 3.45. The van der Waals surface area contributed by atoms with Gasteiger partial charge in [-0.15, -0.1) is 0 Å². The number of benzene rings is 2. The highest BCUT2D eigenvalue weighted by Gasteiger charge is 2.31. The van der Waals surface area contributed by atoms with Crippen LogP contribution in [-0.4, -0.2) is 16.0 Å². The molecule has 0 bridgehead atoms. The topological polar surface area (TPSA) is 57.5 Å². The first-order valence-corrected chi connectivity index (χ1v) is 7.08. The van der Waals surface area contributed by atoms with Crippen molar-refractivity contribution in [2.24, 2.45) is 0 Å². The smallest absolute Gasteiger partial charge is 0.201 e. The summed E-state index contributed by atoms with van der Waals surface area (Å²) in [4.78, 5) is 12.6. The molecular weight excluding hydrogens is 367 g/mol. The number of aromatic hydroxyl groups is 2. The highest BCUT2D eigenvalue weighted by molar-refractivity contribution is 14.1. The summed E-state index contributed by atoms with van der Waals surface area (Å²) in [5.41, 5.74) is 3.17. The van der Waals surface area contributed by atoms with E-state index in [1.54, 1.807) is 6.07 Å². The van der Waals surface area contributed by atoms with Gasteiger partial charge in [0.25, 0.3) is 0 Å². The summed E-state index contributed by atoms with van der Waals surface area (Å²) in [7, 11) is 0. The maximum Gasteiger partial charge on any atom is 0.201 e. The fraction of sp³-hybridized carbons (Fsp3) is 0.0625. The van der Waals surface area contributed by atoms with E-state index in [0.717, 1.165) is 9.13 Å². The van der Waals surface area contributed by atoms with E-state index in [4.69, 9.17) is 0 Å². The molecule has 0 fully saturated rings. The van der Waals surface area contributed by atoms with E-state index in [1.807, 2.05) is 19.1 Å². The van der Waals surface area contributed by atoms with Crippen LogP contribution in [0.25, 0.3) is 5.57 Å². The SMILES string of the molecule is C=C1c2cc(C)cc(O)c2C(=O)c2c(O)cc(I)cc21. The number of rotatable bonds is 0. The van der Waals surface area contributed by atoms with Gasteiger partial charge < -0.3 is 10.2 Å². The molecule has 20 heavy (non-hydrogen) atoms. The average molecular weight is 378 g/mol. The lowest BCUT2D eigenvalue weighted by atomic mass is 9.80. The van der Waals surface area contributed by atoms with E-state index in [0.29, 0.717) is 16.7 Å². The van der Waals surface area contributed by atoms with Crippen LogP contribution >= 0.6 is 22.6 Å². The molecular formula is C16H11IO3. The molecule has 0 aromatic heterocycles. The molecule has 4 heteroatoms. The van der Waals surface area contributed by atoms with Crippen molar-refractivity contribution in [3.63, 3.8) is 0 Å². The molecule has 100 valence electrons. The van der Waals surface area contributed by atoms with Gasteiger partial charge in [-0.2, -0.15) is 0 Å². The summed E-state index contributed by atoms with van der Waals surface area (Å²) in [6, 6.07) is 6.72. The lowest BCUT2D eigenvalue weighted by Crippen LogP contribution is -2.15. The second-order valence-electron chi connectivity index (χ2n) is 4.86. The molecule has 3 nitrogen and oxygen atoms in total. The minimum atomic E-state index is -0.367. The minimum absolute atomic E-state index is 0.0743. The maximum absolute atomic E-state index is 12.6. The predicted molar refractivity (Wildman–Crippen MR) is 85.2 cm³/mol. The standard InChI is InChI=1S/C16H11IO3/c1-7-3-10-8(2)11-5-9(17)6-13(19)15(11)16(20)14(10)12(18)4-7/h3-6,18-19H,2H2,1H3. The van der Waals surface area contributed by atoms with Crippen molar-refractivity contribution in [2.75, 3.05) is 0 Å². The Morgan fingerprint density at radius 3 is 2.20 bits per heavy atom. The zero-order valence-electron chi connectivity index (χ0n) is 10.7. The van der Waals surface area contributed by atoms with Gasteiger partial charge in [-0.3, -0.25) is 4.79 Å². The van der Waals surface area contributed by atoms with Crippen LogP contribution in [0.1, 0.15) is 32.6 Å². The number of halogens is 1. The second-order valence-corrected chi connectivity index (χ2v) is 6.11. The average Bonchev–Trinajstić information content (AvgIpc) is 2.34. The zero-order chi connectivity index (χ0) is 14.6. The Kier molecular flexibility index (Phi) is 2.86. The summed E-state index contributed by atoms with van der Waals surface area (Å²) in [5, 5.41) is 20.1. The van der Waals surface area contributed by atoms with Gasteiger partial charge in [0, 0.05) is 3.57 Å². The Morgan fingerprint density at radius 1 is 1.00 bits per heavy atom. The fourth-order valence-corrected chi connectivity index (χ4v) is 3.19. The summed E-state index contributed by atoms with van der Waals surface area (Å²) in [6.07, 6.45) is 0. The third kappa shape index (κ3) is 1.75. The lowest BCUT2D eigenvalue weighted by Gasteiger charge is -2.23. The first-order valence-electron chi connectivity index (χ1n) is 6.00. The van der Waals surface area contributed by atoms with Crippen LogP contribution in [0.3, 0.4) is 0 Å². The molecule has 0 unspecified atom stereocenters. The van der Waals surface area contributed by atoms with E-state index in [1.165, 1.54) is 6.07 Å².